The predicted molar refractivity (Wildman–Crippen MR) is 173 cm³/mol. The van der Waals surface area contributed by atoms with Gasteiger partial charge in [0, 0.05) is 0 Å². The van der Waals surface area contributed by atoms with E-state index in [1.807, 2.05) is 0 Å². The van der Waals surface area contributed by atoms with Crippen LogP contribution >= 0.6 is 0 Å². The van der Waals surface area contributed by atoms with Crippen LogP contribution in [0.2, 0.25) is 0 Å². The van der Waals surface area contributed by atoms with Gasteiger partial charge < -0.3 is 0 Å². The van der Waals surface area contributed by atoms with E-state index in [0.29, 0.717) is 0 Å². The zero-order chi connectivity index (χ0) is 27.4. The summed E-state index contributed by atoms with van der Waals surface area (Å²) in [5, 5.41) is 0. The molecule has 0 amide bonds. The van der Waals surface area contributed by atoms with E-state index >= 15 is 0 Å². The van der Waals surface area contributed by atoms with Gasteiger partial charge in [-0.25, -0.2) is 0 Å². The number of unbranched alkanes of at least 4 members (excludes halogenated alkanes) is 14. The third kappa shape index (κ3) is 28.8. The maximum Gasteiger partial charge on any atom is -0.0443 e. The fourth-order valence-electron chi connectivity index (χ4n) is 6.26. The highest BCUT2D eigenvalue weighted by atomic mass is 14.1. The Balaban J connectivity index is 3.41. The lowest BCUT2D eigenvalue weighted by Crippen LogP contribution is -2.02. The van der Waals surface area contributed by atoms with Gasteiger partial charge in [-0.2, -0.15) is 0 Å². The van der Waals surface area contributed by atoms with E-state index in [1.165, 1.54) is 173 Å². The molecule has 4 atom stereocenters. The van der Waals surface area contributed by atoms with Crippen LogP contribution in [-0.2, 0) is 0 Å². The highest BCUT2D eigenvalue weighted by molar-refractivity contribution is 4.62. The van der Waals surface area contributed by atoms with Crippen LogP contribution in [-0.4, -0.2) is 0 Å². The van der Waals surface area contributed by atoms with Gasteiger partial charge in [0.15, 0.2) is 0 Å². The van der Waals surface area contributed by atoms with Crippen molar-refractivity contribution < 1.29 is 0 Å². The van der Waals surface area contributed by atoms with Crippen LogP contribution in [0, 0.1) is 23.7 Å². The molecule has 0 fully saturated rings. The summed E-state index contributed by atoms with van der Waals surface area (Å²) in [6, 6.07) is 0. The first-order valence-corrected chi connectivity index (χ1v) is 18.0. The molecule has 0 N–H and O–H groups in total. The minimum atomic E-state index is 0.939. The average molecular weight is 521 g/mol. The van der Waals surface area contributed by atoms with E-state index < -0.39 is 0 Å². The van der Waals surface area contributed by atoms with E-state index in [2.05, 4.69) is 41.5 Å². The molecule has 0 heterocycles. The molecular weight excluding hydrogens is 444 g/mol. The van der Waals surface area contributed by atoms with Gasteiger partial charge in [-0.15, -0.1) is 0 Å². The number of hydrogen-bond donors (Lipinski definition) is 0. The Hall–Kier alpha value is 0. The number of hydrogen-bond acceptors (Lipinski definition) is 0. The highest BCUT2D eigenvalue weighted by Gasteiger charge is 2.09. The Kier molecular flexibility index (Phi) is 29.0. The molecule has 0 rings (SSSR count). The molecule has 0 aromatic rings. The van der Waals surface area contributed by atoms with Gasteiger partial charge in [-0.05, 0) is 23.7 Å². The second-order valence-electron chi connectivity index (χ2n) is 13.7. The lowest BCUT2D eigenvalue weighted by Gasteiger charge is -2.17. The first kappa shape index (κ1) is 37.0. The first-order valence-electron chi connectivity index (χ1n) is 18.0. The van der Waals surface area contributed by atoms with Crippen LogP contribution in [0.1, 0.15) is 215 Å². The smallest absolute Gasteiger partial charge is 0.0443 e. The maximum absolute atomic E-state index is 2.51. The summed E-state index contributed by atoms with van der Waals surface area (Å²) in [5.41, 5.74) is 0. The van der Waals surface area contributed by atoms with Crippen molar-refractivity contribution in [2.75, 3.05) is 0 Å². The Morgan fingerprint density at radius 1 is 0.243 bits per heavy atom. The van der Waals surface area contributed by atoms with Crippen molar-refractivity contribution in [1.82, 2.24) is 0 Å². The highest BCUT2D eigenvalue weighted by Crippen LogP contribution is 2.24. The normalized spacial score (nSPS) is 15.1. The molecule has 0 aliphatic carbocycles. The predicted octanol–water partition coefficient (Wildman–Crippen LogP) is 14.1. The molecule has 0 aliphatic rings. The molecule has 0 aliphatic heterocycles. The quantitative estimate of drug-likeness (QED) is 0.0826. The minimum absolute atomic E-state index is 0.939. The number of rotatable bonds is 30. The molecule has 4 unspecified atom stereocenters. The summed E-state index contributed by atoms with van der Waals surface area (Å²) in [6.45, 7) is 14.6. The molecule has 0 saturated carbocycles. The Morgan fingerprint density at radius 2 is 0.459 bits per heavy atom. The van der Waals surface area contributed by atoms with Crippen LogP contribution < -0.4 is 0 Å². The molecule has 0 bridgehead atoms. The van der Waals surface area contributed by atoms with Crippen LogP contribution in [0.3, 0.4) is 0 Å². The van der Waals surface area contributed by atoms with Crippen molar-refractivity contribution in [2.45, 2.75) is 215 Å². The summed E-state index contributed by atoms with van der Waals surface area (Å²) in [5.74, 6) is 3.78. The van der Waals surface area contributed by atoms with Gasteiger partial charge in [0.2, 0.25) is 0 Å². The summed E-state index contributed by atoms with van der Waals surface area (Å²) in [6.07, 6.45) is 39.4. The van der Waals surface area contributed by atoms with E-state index in [9.17, 15) is 0 Å². The van der Waals surface area contributed by atoms with Crippen LogP contribution in [0.25, 0.3) is 0 Å². The van der Waals surface area contributed by atoms with E-state index in [0.717, 1.165) is 23.7 Å². The molecule has 0 saturated heterocycles. The summed E-state index contributed by atoms with van der Waals surface area (Å²) >= 11 is 0. The fraction of sp³-hybridized carbons (Fsp3) is 1.00. The molecule has 0 aromatic heterocycles. The van der Waals surface area contributed by atoms with Gasteiger partial charge in [-0.1, -0.05) is 215 Å². The standard InChI is InChI=1S/C37H76/c1-7-9-11-12-13-14-15-16-17-18-19-20-21-22-27-35(4)29-24-31-37(6)33-25-32-36(5)30-23-28-34(3)26-10-8-2/h34-37H,7-33H2,1-6H3. The van der Waals surface area contributed by atoms with Gasteiger partial charge in [0.1, 0.15) is 0 Å². The molecular formula is C37H76. The third-order valence-corrected chi connectivity index (χ3v) is 9.28. The Bertz CT molecular complexity index is 412. The van der Waals surface area contributed by atoms with Crippen molar-refractivity contribution in [3.63, 3.8) is 0 Å². The summed E-state index contributed by atoms with van der Waals surface area (Å²) in [7, 11) is 0. The zero-order valence-corrected chi connectivity index (χ0v) is 27.4. The Morgan fingerprint density at radius 3 is 0.757 bits per heavy atom. The van der Waals surface area contributed by atoms with Crippen molar-refractivity contribution in [1.29, 1.82) is 0 Å². The van der Waals surface area contributed by atoms with Crippen LogP contribution in [0.4, 0.5) is 0 Å². The van der Waals surface area contributed by atoms with Crippen molar-refractivity contribution in [3.8, 4) is 0 Å². The molecule has 37 heavy (non-hydrogen) atoms. The lowest BCUT2D eigenvalue weighted by molar-refractivity contribution is 0.365. The zero-order valence-electron chi connectivity index (χ0n) is 27.4. The van der Waals surface area contributed by atoms with Crippen molar-refractivity contribution in [3.05, 3.63) is 0 Å². The summed E-state index contributed by atoms with van der Waals surface area (Å²) < 4.78 is 0. The van der Waals surface area contributed by atoms with Gasteiger partial charge in [-0.3, -0.25) is 0 Å². The van der Waals surface area contributed by atoms with Crippen LogP contribution in [0.5, 0.6) is 0 Å². The lowest BCUT2D eigenvalue weighted by atomic mass is 9.90. The minimum Gasteiger partial charge on any atom is -0.0654 e. The largest absolute Gasteiger partial charge is 0.0654 e. The van der Waals surface area contributed by atoms with Gasteiger partial charge >= 0.3 is 0 Å². The molecule has 0 heteroatoms. The molecule has 0 nitrogen and oxygen atoms in total. The van der Waals surface area contributed by atoms with Crippen molar-refractivity contribution in [2.24, 2.45) is 23.7 Å². The fourth-order valence-corrected chi connectivity index (χ4v) is 6.26. The maximum atomic E-state index is 2.51. The third-order valence-electron chi connectivity index (χ3n) is 9.28. The topological polar surface area (TPSA) is 0 Å². The van der Waals surface area contributed by atoms with Gasteiger partial charge in [0.25, 0.3) is 0 Å². The van der Waals surface area contributed by atoms with Crippen LogP contribution in [0.15, 0.2) is 0 Å². The second kappa shape index (κ2) is 29.0. The van der Waals surface area contributed by atoms with E-state index in [4.69, 9.17) is 0 Å². The van der Waals surface area contributed by atoms with Crippen molar-refractivity contribution >= 4 is 0 Å². The molecule has 0 radical (unpaired) electrons. The van der Waals surface area contributed by atoms with E-state index in [-0.39, 0.29) is 0 Å². The molecule has 0 aromatic carbocycles. The molecule has 224 valence electrons. The summed E-state index contributed by atoms with van der Waals surface area (Å²) in [4.78, 5) is 0. The first-order chi connectivity index (χ1) is 18.0. The average Bonchev–Trinajstić information content (AvgIpc) is 2.87. The SMILES string of the molecule is CCCCCCCCCCCCCCCCC(C)CCCC(C)CCCC(C)CCCC(C)CCCC. The monoisotopic (exact) mass is 521 g/mol. The molecule has 0 spiro atoms. The van der Waals surface area contributed by atoms with Gasteiger partial charge in [0.05, 0.1) is 0 Å². The Labute approximate surface area is 238 Å². The van der Waals surface area contributed by atoms with E-state index in [1.54, 1.807) is 0 Å². The second-order valence-corrected chi connectivity index (χ2v) is 13.7.